The zero-order valence-corrected chi connectivity index (χ0v) is 18.0. The first-order chi connectivity index (χ1) is 14.5. The number of hydrogen-bond donors (Lipinski definition) is 2. The number of nitrogens with one attached hydrogen (secondary N) is 1. The summed E-state index contributed by atoms with van der Waals surface area (Å²) in [6.45, 7) is 2.59. The number of nitrogens with zero attached hydrogens (tertiary/aromatic N) is 1. The Morgan fingerprint density at radius 1 is 1.00 bits per heavy atom. The van der Waals surface area contributed by atoms with Crippen molar-refractivity contribution in [2.45, 2.75) is 25.6 Å². The number of hydrogen-bond acceptors (Lipinski definition) is 4. The largest absolute Gasteiger partial charge is 0.508 e. The van der Waals surface area contributed by atoms with Crippen molar-refractivity contribution in [1.82, 2.24) is 5.32 Å². The van der Waals surface area contributed by atoms with Gasteiger partial charge in [0.05, 0.1) is 6.61 Å². The number of rotatable bonds is 5. The maximum atomic E-state index is 10.5. The van der Waals surface area contributed by atoms with Crippen LogP contribution in [0.2, 0.25) is 10.0 Å². The Kier molecular flexibility index (Phi) is 6.28. The van der Waals surface area contributed by atoms with Crippen molar-refractivity contribution in [3.05, 3.63) is 93.5 Å². The van der Waals surface area contributed by atoms with E-state index < -0.39 is 0 Å². The number of phenolic OH excluding ortho intramolecular Hbond substituents is 1. The summed E-state index contributed by atoms with van der Waals surface area (Å²) in [6.07, 6.45) is 0.340. The standard InChI is InChI=1S/C24H22Cl2N2O2/c1-2-30-19-10-5-15(6-11-19)21-14-22(20-13-18(26)9-12-23(20)29)28-24(27-21)16-3-7-17(25)8-4-16/h3-13,22,24,28-29H,2,14H2,1H3/t22-,24-/m0/s1. The molecule has 0 aromatic heterocycles. The van der Waals surface area contributed by atoms with Crippen LogP contribution < -0.4 is 10.1 Å². The molecule has 2 atom stereocenters. The first-order valence-corrected chi connectivity index (χ1v) is 10.6. The molecular formula is C24H22Cl2N2O2. The van der Waals surface area contributed by atoms with Gasteiger partial charge in [-0.2, -0.15) is 0 Å². The van der Waals surface area contributed by atoms with Crippen molar-refractivity contribution in [2.24, 2.45) is 4.99 Å². The molecule has 0 radical (unpaired) electrons. The molecule has 0 saturated carbocycles. The fourth-order valence-electron chi connectivity index (χ4n) is 3.61. The summed E-state index contributed by atoms with van der Waals surface area (Å²) in [7, 11) is 0. The quantitative estimate of drug-likeness (QED) is 0.487. The molecule has 0 spiro atoms. The molecule has 0 amide bonds. The minimum atomic E-state index is -0.277. The molecule has 154 valence electrons. The topological polar surface area (TPSA) is 53.8 Å². The van der Waals surface area contributed by atoms with Gasteiger partial charge < -0.3 is 9.84 Å². The highest BCUT2D eigenvalue weighted by Gasteiger charge is 2.28. The number of benzene rings is 3. The van der Waals surface area contributed by atoms with Crippen LogP contribution >= 0.6 is 23.2 Å². The van der Waals surface area contributed by atoms with Crippen LogP contribution in [0.3, 0.4) is 0 Å². The van der Waals surface area contributed by atoms with E-state index in [4.69, 9.17) is 32.9 Å². The summed E-state index contributed by atoms with van der Waals surface area (Å²) in [5.74, 6) is 1.04. The molecule has 1 heterocycles. The second kappa shape index (κ2) is 9.09. The summed E-state index contributed by atoms with van der Waals surface area (Å²) in [5, 5.41) is 15.2. The lowest BCUT2D eigenvalue weighted by molar-refractivity contribution is 0.340. The van der Waals surface area contributed by atoms with Gasteiger partial charge in [-0.25, -0.2) is 0 Å². The fraction of sp³-hybridized carbons (Fsp3) is 0.208. The van der Waals surface area contributed by atoms with Crippen molar-refractivity contribution in [2.75, 3.05) is 6.61 Å². The third-order valence-electron chi connectivity index (χ3n) is 5.09. The Morgan fingerprint density at radius 2 is 1.70 bits per heavy atom. The Bertz CT molecular complexity index is 1050. The van der Waals surface area contributed by atoms with Gasteiger partial charge in [-0.3, -0.25) is 10.3 Å². The molecule has 30 heavy (non-hydrogen) atoms. The van der Waals surface area contributed by atoms with Gasteiger partial charge in [0.1, 0.15) is 17.7 Å². The lowest BCUT2D eigenvalue weighted by Gasteiger charge is -2.31. The number of aromatic hydroxyl groups is 1. The molecule has 3 aromatic rings. The summed E-state index contributed by atoms with van der Waals surface area (Å²) >= 11 is 12.3. The number of halogens is 2. The lowest BCUT2D eigenvalue weighted by atomic mass is 9.93. The van der Waals surface area contributed by atoms with Crippen LogP contribution in [0.15, 0.2) is 71.7 Å². The van der Waals surface area contributed by atoms with Gasteiger partial charge in [0.25, 0.3) is 0 Å². The van der Waals surface area contributed by atoms with Crippen molar-refractivity contribution < 1.29 is 9.84 Å². The highest BCUT2D eigenvalue weighted by Crippen LogP contribution is 2.36. The van der Waals surface area contributed by atoms with Crippen LogP contribution in [0.4, 0.5) is 0 Å². The van der Waals surface area contributed by atoms with Gasteiger partial charge in [-0.1, -0.05) is 35.3 Å². The van der Waals surface area contributed by atoms with Gasteiger partial charge >= 0.3 is 0 Å². The van der Waals surface area contributed by atoms with E-state index in [-0.39, 0.29) is 18.0 Å². The van der Waals surface area contributed by atoms with Crippen LogP contribution in [-0.2, 0) is 0 Å². The van der Waals surface area contributed by atoms with E-state index in [0.29, 0.717) is 23.1 Å². The molecule has 0 aliphatic carbocycles. The van der Waals surface area contributed by atoms with E-state index in [2.05, 4.69) is 5.32 Å². The smallest absolute Gasteiger partial charge is 0.126 e. The van der Waals surface area contributed by atoms with Gasteiger partial charge in [-0.05, 0) is 72.6 Å². The molecule has 3 aromatic carbocycles. The molecule has 0 fully saturated rings. The van der Waals surface area contributed by atoms with Gasteiger partial charge in [0.15, 0.2) is 0 Å². The van der Waals surface area contributed by atoms with E-state index in [1.807, 2.05) is 55.5 Å². The van der Waals surface area contributed by atoms with Crippen LogP contribution in [0.25, 0.3) is 0 Å². The van der Waals surface area contributed by atoms with Crippen molar-refractivity contribution >= 4 is 28.9 Å². The number of phenols is 1. The Morgan fingerprint density at radius 3 is 2.40 bits per heavy atom. The Labute approximate surface area is 186 Å². The first-order valence-electron chi connectivity index (χ1n) is 9.83. The molecule has 6 heteroatoms. The number of ether oxygens (including phenoxy) is 1. The molecule has 4 nitrogen and oxygen atoms in total. The highest BCUT2D eigenvalue weighted by atomic mass is 35.5. The zero-order chi connectivity index (χ0) is 21.1. The van der Waals surface area contributed by atoms with Crippen molar-refractivity contribution in [1.29, 1.82) is 0 Å². The second-order valence-corrected chi connectivity index (χ2v) is 7.99. The second-order valence-electron chi connectivity index (χ2n) is 7.11. The van der Waals surface area contributed by atoms with E-state index >= 15 is 0 Å². The van der Waals surface area contributed by atoms with Gasteiger partial charge in [0.2, 0.25) is 0 Å². The molecule has 1 aliphatic heterocycles. The third-order valence-corrected chi connectivity index (χ3v) is 5.58. The third kappa shape index (κ3) is 4.62. The van der Waals surface area contributed by atoms with Crippen LogP contribution in [-0.4, -0.2) is 17.4 Å². The summed E-state index contributed by atoms with van der Waals surface area (Å²) in [5.41, 5.74) is 3.71. The Balaban J connectivity index is 1.72. The fourth-order valence-corrected chi connectivity index (χ4v) is 3.92. The van der Waals surface area contributed by atoms with Crippen LogP contribution in [0.5, 0.6) is 11.5 Å². The average Bonchev–Trinajstić information content (AvgIpc) is 2.76. The molecule has 0 saturated heterocycles. The molecule has 0 bridgehead atoms. The normalized spacial score (nSPS) is 18.7. The molecular weight excluding hydrogens is 419 g/mol. The van der Waals surface area contributed by atoms with Gasteiger partial charge in [0, 0.05) is 33.8 Å². The summed E-state index contributed by atoms with van der Waals surface area (Å²) < 4.78 is 5.56. The van der Waals surface area contributed by atoms with E-state index in [1.165, 1.54) is 0 Å². The SMILES string of the molecule is CCOc1ccc(C2=N[C@H](c3ccc(Cl)cc3)N[C@H](c3cc(Cl)ccc3O)C2)cc1. The maximum absolute atomic E-state index is 10.5. The average molecular weight is 441 g/mol. The summed E-state index contributed by atoms with van der Waals surface area (Å²) in [4.78, 5) is 4.96. The van der Waals surface area contributed by atoms with Gasteiger partial charge in [-0.15, -0.1) is 0 Å². The minimum Gasteiger partial charge on any atom is -0.508 e. The highest BCUT2D eigenvalue weighted by molar-refractivity contribution is 6.30. The maximum Gasteiger partial charge on any atom is 0.126 e. The van der Waals surface area contributed by atoms with Crippen LogP contribution in [0, 0.1) is 0 Å². The van der Waals surface area contributed by atoms with E-state index in [1.54, 1.807) is 18.2 Å². The molecule has 2 N–H and O–H groups in total. The van der Waals surface area contributed by atoms with Crippen LogP contribution in [0.1, 0.15) is 42.2 Å². The minimum absolute atomic E-state index is 0.150. The summed E-state index contributed by atoms with van der Waals surface area (Å²) in [6, 6.07) is 20.5. The predicted molar refractivity (Wildman–Crippen MR) is 122 cm³/mol. The Hall–Kier alpha value is -2.53. The molecule has 0 unspecified atom stereocenters. The predicted octanol–water partition coefficient (Wildman–Crippen LogP) is 6.32. The van der Waals surface area contributed by atoms with Crippen molar-refractivity contribution in [3.63, 3.8) is 0 Å². The monoisotopic (exact) mass is 440 g/mol. The van der Waals surface area contributed by atoms with E-state index in [9.17, 15) is 5.11 Å². The van der Waals surface area contributed by atoms with E-state index in [0.717, 1.165) is 28.2 Å². The zero-order valence-electron chi connectivity index (χ0n) is 16.5. The number of aliphatic imine (C=N–C) groups is 1. The van der Waals surface area contributed by atoms with Crippen molar-refractivity contribution in [3.8, 4) is 11.5 Å². The molecule has 1 aliphatic rings. The first kappa shape index (κ1) is 20.7. The lowest BCUT2D eigenvalue weighted by Crippen LogP contribution is -2.33. The molecule has 4 rings (SSSR count).